The number of benzene rings is 1. The fourth-order valence-corrected chi connectivity index (χ4v) is 4.64. The van der Waals surface area contributed by atoms with Crippen molar-refractivity contribution < 1.29 is 22.4 Å². The van der Waals surface area contributed by atoms with Gasteiger partial charge in [0.25, 0.3) is 0 Å². The highest BCUT2D eigenvalue weighted by Gasteiger charge is 2.40. The van der Waals surface area contributed by atoms with Gasteiger partial charge >= 0.3 is 6.18 Å². The molecule has 0 bridgehead atoms. The molecular formula is C23H25F3N4O2S. The second-order valence-corrected chi connectivity index (χ2v) is 9.21. The molecule has 2 heterocycles. The third-order valence-corrected chi connectivity index (χ3v) is 6.74. The van der Waals surface area contributed by atoms with Crippen molar-refractivity contribution in [3.05, 3.63) is 54.0 Å². The van der Waals surface area contributed by atoms with Crippen LogP contribution in [-0.2, 0) is 11.3 Å². The maximum absolute atomic E-state index is 13.1. The minimum atomic E-state index is -4.44. The molecule has 33 heavy (non-hydrogen) atoms. The molecule has 1 amide bonds. The van der Waals surface area contributed by atoms with Crippen LogP contribution in [0.15, 0.2) is 52.2 Å². The average Bonchev–Trinajstić information content (AvgIpc) is 3.43. The lowest BCUT2D eigenvalue weighted by atomic mass is 10.2. The van der Waals surface area contributed by atoms with Crippen molar-refractivity contribution in [1.82, 2.24) is 19.7 Å². The third kappa shape index (κ3) is 5.79. The highest BCUT2D eigenvalue weighted by molar-refractivity contribution is 7.99. The van der Waals surface area contributed by atoms with Gasteiger partial charge in [0.1, 0.15) is 12.3 Å². The maximum Gasteiger partial charge on any atom is 0.406 e. The van der Waals surface area contributed by atoms with Crippen LogP contribution in [0.5, 0.6) is 0 Å². The van der Waals surface area contributed by atoms with Crippen LogP contribution in [0.25, 0.3) is 11.4 Å². The molecule has 0 unspecified atom stereocenters. The number of hydrogen-bond acceptors (Lipinski definition) is 5. The van der Waals surface area contributed by atoms with Crippen LogP contribution in [-0.4, -0.2) is 50.1 Å². The molecule has 0 spiro atoms. The van der Waals surface area contributed by atoms with Gasteiger partial charge in [-0.3, -0.25) is 9.36 Å². The van der Waals surface area contributed by atoms with Gasteiger partial charge in [-0.15, -0.1) is 10.2 Å². The van der Waals surface area contributed by atoms with E-state index in [-0.39, 0.29) is 11.7 Å². The van der Waals surface area contributed by atoms with E-state index in [0.29, 0.717) is 23.3 Å². The van der Waals surface area contributed by atoms with Gasteiger partial charge in [-0.25, -0.2) is 0 Å². The summed E-state index contributed by atoms with van der Waals surface area (Å²) in [6.45, 7) is 2.74. The van der Waals surface area contributed by atoms with Gasteiger partial charge in [0.05, 0.1) is 24.1 Å². The molecule has 4 rings (SSSR count). The van der Waals surface area contributed by atoms with E-state index in [9.17, 15) is 18.0 Å². The number of furan rings is 1. The van der Waals surface area contributed by atoms with Crippen LogP contribution < -0.4 is 0 Å². The summed E-state index contributed by atoms with van der Waals surface area (Å²) in [5, 5.41) is 9.01. The number of amides is 1. The van der Waals surface area contributed by atoms with Crippen LogP contribution in [0.1, 0.15) is 31.1 Å². The number of rotatable bonds is 9. The summed E-state index contributed by atoms with van der Waals surface area (Å²) >= 11 is 1.10. The summed E-state index contributed by atoms with van der Waals surface area (Å²) in [6, 6.07) is 11.1. The van der Waals surface area contributed by atoms with E-state index in [1.807, 2.05) is 41.8 Å². The second kappa shape index (κ2) is 9.62. The Balaban J connectivity index is 1.56. The predicted molar refractivity (Wildman–Crippen MR) is 119 cm³/mol. The highest BCUT2D eigenvalue weighted by atomic mass is 32.2. The van der Waals surface area contributed by atoms with Gasteiger partial charge in [-0.05, 0) is 44.2 Å². The van der Waals surface area contributed by atoms with Crippen LogP contribution in [0, 0.1) is 12.8 Å². The van der Waals surface area contributed by atoms with Gasteiger partial charge in [0.2, 0.25) is 5.91 Å². The molecule has 1 aliphatic rings. The summed E-state index contributed by atoms with van der Waals surface area (Å²) in [5.74, 6) is 0.702. The van der Waals surface area contributed by atoms with Gasteiger partial charge in [0.15, 0.2) is 11.0 Å². The Kier molecular flexibility index (Phi) is 6.83. The first-order valence-corrected chi connectivity index (χ1v) is 11.7. The average molecular weight is 479 g/mol. The minimum Gasteiger partial charge on any atom is -0.469 e. The summed E-state index contributed by atoms with van der Waals surface area (Å²) < 4.78 is 46.7. The molecule has 176 valence electrons. The molecule has 0 radical (unpaired) electrons. The van der Waals surface area contributed by atoms with Crippen molar-refractivity contribution in [2.45, 2.75) is 50.6 Å². The van der Waals surface area contributed by atoms with Crippen molar-refractivity contribution in [2.75, 3.05) is 12.3 Å². The highest BCUT2D eigenvalue weighted by Crippen LogP contribution is 2.37. The molecule has 1 saturated carbocycles. The Labute approximate surface area is 194 Å². The van der Waals surface area contributed by atoms with Gasteiger partial charge in [-0.1, -0.05) is 42.1 Å². The Morgan fingerprint density at radius 1 is 1.24 bits per heavy atom. The zero-order valence-corrected chi connectivity index (χ0v) is 19.2. The van der Waals surface area contributed by atoms with E-state index in [1.165, 1.54) is 0 Å². The molecule has 0 aliphatic heterocycles. The second-order valence-electron chi connectivity index (χ2n) is 8.27. The summed E-state index contributed by atoms with van der Waals surface area (Å²) in [6.07, 6.45) is -1.16. The van der Waals surface area contributed by atoms with Gasteiger partial charge in [0, 0.05) is 6.04 Å². The monoisotopic (exact) mass is 478 g/mol. The van der Waals surface area contributed by atoms with Crippen molar-refractivity contribution in [2.24, 2.45) is 5.92 Å². The number of nitrogens with zero attached hydrogens (tertiary/aromatic N) is 4. The largest absolute Gasteiger partial charge is 0.469 e. The Morgan fingerprint density at radius 3 is 2.58 bits per heavy atom. The normalized spacial score (nSPS) is 14.9. The molecule has 0 saturated heterocycles. The molecule has 3 aromatic rings. The standard InChI is InChI=1S/C23H25F3N4O2S/c1-15(18-8-9-18)30(14-23(24,25)26)20(31)13-33-22-28-27-21(19-10-11-32-16(19)2)29(22)12-17-6-4-3-5-7-17/h3-7,10-11,15,18H,8-9,12-14H2,1-2H3/t15-/m1/s1. The van der Waals surface area contributed by atoms with Crippen LogP contribution in [0.3, 0.4) is 0 Å². The molecular weight excluding hydrogens is 453 g/mol. The molecule has 1 aromatic carbocycles. The SMILES string of the molecule is Cc1occc1-c1nnc(SCC(=O)N(CC(F)(F)F)[C@H](C)C2CC2)n1Cc1ccccc1. The van der Waals surface area contributed by atoms with Gasteiger partial charge < -0.3 is 9.32 Å². The maximum atomic E-state index is 13.1. The topological polar surface area (TPSA) is 64.2 Å². The molecule has 1 atom stereocenters. The first kappa shape index (κ1) is 23.4. The third-order valence-electron chi connectivity index (χ3n) is 5.79. The number of alkyl halides is 3. The molecule has 6 nitrogen and oxygen atoms in total. The Bertz CT molecular complexity index is 1090. The number of aryl methyl sites for hydroxylation is 1. The molecule has 1 aliphatic carbocycles. The van der Waals surface area contributed by atoms with E-state index in [1.54, 1.807) is 19.3 Å². The minimum absolute atomic E-state index is 0.138. The van der Waals surface area contributed by atoms with Gasteiger partial charge in [-0.2, -0.15) is 13.2 Å². The number of halogens is 3. The van der Waals surface area contributed by atoms with Crippen molar-refractivity contribution in [1.29, 1.82) is 0 Å². The zero-order valence-electron chi connectivity index (χ0n) is 18.4. The Hall–Kier alpha value is -2.75. The summed E-state index contributed by atoms with van der Waals surface area (Å²) in [7, 11) is 0. The van der Waals surface area contributed by atoms with Crippen molar-refractivity contribution in [3.63, 3.8) is 0 Å². The van der Waals surface area contributed by atoms with E-state index in [4.69, 9.17) is 4.42 Å². The number of hydrogen-bond donors (Lipinski definition) is 0. The number of carbonyl (C=O) groups excluding carboxylic acids is 1. The lowest BCUT2D eigenvalue weighted by Crippen LogP contribution is -2.46. The van der Waals surface area contributed by atoms with Crippen LogP contribution in [0.2, 0.25) is 0 Å². The fraction of sp³-hybridized carbons (Fsp3) is 0.435. The number of carbonyl (C=O) groups is 1. The predicted octanol–water partition coefficient (Wildman–Crippen LogP) is 5.18. The molecule has 2 aromatic heterocycles. The van der Waals surface area contributed by atoms with Crippen LogP contribution >= 0.6 is 11.8 Å². The van der Waals surface area contributed by atoms with E-state index >= 15 is 0 Å². The van der Waals surface area contributed by atoms with E-state index in [0.717, 1.165) is 40.6 Å². The lowest BCUT2D eigenvalue weighted by molar-refractivity contribution is -0.164. The van der Waals surface area contributed by atoms with E-state index < -0.39 is 24.7 Å². The molecule has 0 N–H and O–H groups in total. The zero-order chi connectivity index (χ0) is 23.6. The lowest BCUT2D eigenvalue weighted by Gasteiger charge is -2.30. The number of thioether (sulfide) groups is 1. The molecule has 1 fully saturated rings. The first-order valence-electron chi connectivity index (χ1n) is 10.7. The smallest absolute Gasteiger partial charge is 0.406 e. The van der Waals surface area contributed by atoms with E-state index in [2.05, 4.69) is 10.2 Å². The van der Waals surface area contributed by atoms with Crippen LogP contribution in [0.4, 0.5) is 13.2 Å². The fourth-order valence-electron chi connectivity index (χ4n) is 3.81. The summed E-state index contributed by atoms with van der Waals surface area (Å²) in [4.78, 5) is 13.8. The summed E-state index contributed by atoms with van der Waals surface area (Å²) in [5.41, 5.74) is 1.78. The van der Waals surface area contributed by atoms with Crippen molar-refractivity contribution in [3.8, 4) is 11.4 Å². The Morgan fingerprint density at radius 2 is 1.97 bits per heavy atom. The quantitative estimate of drug-likeness (QED) is 0.397. The first-order chi connectivity index (χ1) is 15.7. The number of aromatic nitrogens is 3. The molecule has 10 heteroatoms. The van der Waals surface area contributed by atoms with Crippen molar-refractivity contribution >= 4 is 17.7 Å².